The monoisotopic (exact) mass is 174 g/mol. The molecule has 12 heavy (non-hydrogen) atoms. The lowest BCUT2D eigenvalue weighted by molar-refractivity contribution is -0.171. The molecule has 1 aliphatic heterocycles. The van der Waals surface area contributed by atoms with Crippen LogP contribution >= 0.6 is 0 Å². The first kappa shape index (κ1) is 8.51. The summed E-state index contributed by atoms with van der Waals surface area (Å²) in [5, 5.41) is 2.61. The van der Waals surface area contributed by atoms with Crippen molar-refractivity contribution >= 4 is 17.9 Å². The van der Waals surface area contributed by atoms with Gasteiger partial charge in [-0.25, -0.2) is 4.79 Å². The number of hydroxylamine groups is 2. The summed E-state index contributed by atoms with van der Waals surface area (Å²) in [6.45, 7) is 0. The number of hydrogen-bond donors (Lipinski definition) is 1. The summed E-state index contributed by atoms with van der Waals surface area (Å²) in [4.78, 5) is 36.6. The van der Waals surface area contributed by atoms with Crippen molar-refractivity contribution in [2.75, 3.05) is 7.05 Å². The molecule has 0 unspecified atom stereocenters. The van der Waals surface area contributed by atoms with Gasteiger partial charge in [0.1, 0.15) is 0 Å². The number of carbonyl (C=O) groups excluding carboxylic acids is 3. The van der Waals surface area contributed by atoms with Gasteiger partial charge in [-0.3, -0.25) is 9.59 Å². The first-order valence-corrected chi connectivity index (χ1v) is 3.40. The van der Waals surface area contributed by atoms with Crippen molar-refractivity contribution in [2.24, 2.45) is 0 Å². The molecule has 0 aromatic heterocycles. The van der Waals surface area contributed by atoms with Crippen molar-refractivity contribution in [1.82, 2.24) is 10.4 Å². The zero-order valence-corrected chi connectivity index (χ0v) is 6.49. The number of rotatable bonds is 1. The summed E-state index contributed by atoms with van der Waals surface area (Å²) >= 11 is 0. The number of nitrogens with zero attached hydrogens (tertiary/aromatic N) is 1. The summed E-state index contributed by atoms with van der Waals surface area (Å²) in [5.74, 6) is -0.966. The molecule has 0 aromatic carbocycles. The minimum absolute atomic E-state index is 0. The zero-order valence-electron chi connectivity index (χ0n) is 6.49. The summed E-state index contributed by atoms with van der Waals surface area (Å²) < 4.78 is 0. The van der Waals surface area contributed by atoms with Crippen LogP contribution in [0.4, 0.5) is 4.79 Å². The van der Waals surface area contributed by atoms with Crippen LogP contribution in [0, 0.1) is 0 Å². The third kappa shape index (κ3) is 1.52. The lowest BCUT2D eigenvalue weighted by atomic mass is 10.4. The predicted octanol–water partition coefficient (Wildman–Crippen LogP) is -0.348. The second-order valence-electron chi connectivity index (χ2n) is 2.21. The molecule has 1 fully saturated rings. The molecule has 68 valence electrons. The molecule has 1 aliphatic rings. The van der Waals surface area contributed by atoms with Gasteiger partial charge in [0.15, 0.2) is 0 Å². The first-order chi connectivity index (χ1) is 5.65. The third-order valence-corrected chi connectivity index (χ3v) is 1.38. The Morgan fingerprint density at radius 3 is 2.42 bits per heavy atom. The second kappa shape index (κ2) is 3.21. The molecule has 0 aromatic rings. The van der Waals surface area contributed by atoms with Gasteiger partial charge in [-0.2, -0.15) is 0 Å². The van der Waals surface area contributed by atoms with Crippen molar-refractivity contribution in [3.05, 3.63) is 0 Å². The van der Waals surface area contributed by atoms with Crippen molar-refractivity contribution in [3.8, 4) is 0 Å². The topological polar surface area (TPSA) is 75.7 Å². The fourth-order valence-electron chi connectivity index (χ4n) is 0.786. The standard InChI is InChI=1S/C6H8N2O4.H2/c1-7-6(11)12-8-4(9)2-3-5(8)10;/h2-3H2,1H3,(H,7,11);1H. The Morgan fingerprint density at radius 1 is 1.50 bits per heavy atom. The molecular weight excluding hydrogens is 164 g/mol. The summed E-state index contributed by atoms with van der Waals surface area (Å²) in [7, 11) is 1.34. The Kier molecular flexibility index (Phi) is 2.27. The Bertz CT molecular complexity index is 227. The van der Waals surface area contributed by atoms with E-state index in [-0.39, 0.29) is 14.3 Å². The summed E-state index contributed by atoms with van der Waals surface area (Å²) in [6.07, 6.45) is -0.607. The van der Waals surface area contributed by atoms with Crippen LogP contribution < -0.4 is 5.32 Å². The van der Waals surface area contributed by atoms with Gasteiger partial charge in [0.2, 0.25) is 0 Å². The Morgan fingerprint density at radius 2 is 2.00 bits per heavy atom. The number of imide groups is 1. The second-order valence-corrected chi connectivity index (χ2v) is 2.21. The average molecular weight is 174 g/mol. The third-order valence-electron chi connectivity index (χ3n) is 1.38. The molecule has 0 bridgehead atoms. The molecule has 0 saturated carbocycles. The van der Waals surface area contributed by atoms with Crippen LogP contribution in [0.5, 0.6) is 0 Å². The van der Waals surface area contributed by atoms with E-state index in [1.807, 2.05) is 0 Å². The molecule has 0 radical (unpaired) electrons. The molecule has 6 nitrogen and oxygen atoms in total. The van der Waals surface area contributed by atoms with Gasteiger partial charge >= 0.3 is 6.09 Å². The maximum atomic E-state index is 10.8. The fraction of sp³-hybridized carbons (Fsp3) is 0.500. The van der Waals surface area contributed by atoms with Gasteiger partial charge in [0.25, 0.3) is 11.8 Å². The normalized spacial score (nSPS) is 16.6. The van der Waals surface area contributed by atoms with E-state index in [1.165, 1.54) is 7.05 Å². The molecule has 1 saturated heterocycles. The maximum Gasteiger partial charge on any atom is 0.431 e. The van der Waals surface area contributed by atoms with Crippen LogP contribution in [0.3, 0.4) is 0 Å². The number of amides is 3. The Labute approximate surface area is 69.9 Å². The quantitative estimate of drug-likeness (QED) is 0.551. The van der Waals surface area contributed by atoms with E-state index >= 15 is 0 Å². The Hall–Kier alpha value is -1.59. The molecule has 1 rings (SSSR count). The van der Waals surface area contributed by atoms with Crippen LogP contribution in [0.15, 0.2) is 0 Å². The van der Waals surface area contributed by atoms with Crippen LogP contribution in [-0.2, 0) is 14.4 Å². The van der Waals surface area contributed by atoms with Gasteiger partial charge in [-0.1, -0.05) is 0 Å². The number of hydrogen-bond acceptors (Lipinski definition) is 4. The van der Waals surface area contributed by atoms with Gasteiger partial charge in [-0.15, -0.1) is 5.06 Å². The average Bonchev–Trinajstić information content (AvgIpc) is 2.35. The van der Waals surface area contributed by atoms with E-state index < -0.39 is 17.9 Å². The smallest absolute Gasteiger partial charge is 0.323 e. The molecule has 1 heterocycles. The highest BCUT2D eigenvalue weighted by atomic mass is 16.7. The van der Waals surface area contributed by atoms with Crippen LogP contribution in [0.1, 0.15) is 14.3 Å². The number of nitrogens with one attached hydrogen (secondary N) is 1. The van der Waals surface area contributed by atoms with Crippen LogP contribution in [0.25, 0.3) is 0 Å². The minimum atomic E-state index is -0.821. The highest BCUT2D eigenvalue weighted by molar-refractivity contribution is 6.01. The Balaban J connectivity index is 0.00000144. The van der Waals surface area contributed by atoms with Crippen molar-refractivity contribution in [1.29, 1.82) is 0 Å². The summed E-state index contributed by atoms with van der Waals surface area (Å²) in [6, 6.07) is 0. The fourth-order valence-corrected chi connectivity index (χ4v) is 0.786. The first-order valence-electron chi connectivity index (χ1n) is 3.40. The van der Waals surface area contributed by atoms with Crippen molar-refractivity contribution in [2.45, 2.75) is 12.8 Å². The SMILES string of the molecule is CNC(=O)ON1C(=O)CCC1=O.[HH]. The molecule has 3 amide bonds. The van der Waals surface area contributed by atoms with E-state index in [1.54, 1.807) is 0 Å². The predicted molar refractivity (Wildman–Crippen MR) is 38.7 cm³/mol. The lowest BCUT2D eigenvalue weighted by Gasteiger charge is -2.11. The maximum absolute atomic E-state index is 10.8. The lowest BCUT2D eigenvalue weighted by Crippen LogP contribution is -2.35. The van der Waals surface area contributed by atoms with E-state index in [2.05, 4.69) is 10.2 Å². The van der Waals surface area contributed by atoms with E-state index in [9.17, 15) is 14.4 Å². The number of carbonyl (C=O) groups is 3. The van der Waals surface area contributed by atoms with Gasteiger partial charge in [0, 0.05) is 21.3 Å². The van der Waals surface area contributed by atoms with Gasteiger partial charge in [-0.05, 0) is 0 Å². The largest absolute Gasteiger partial charge is 0.431 e. The van der Waals surface area contributed by atoms with Crippen molar-refractivity contribution < 1.29 is 20.6 Å². The zero-order chi connectivity index (χ0) is 9.14. The van der Waals surface area contributed by atoms with E-state index in [0.29, 0.717) is 5.06 Å². The van der Waals surface area contributed by atoms with E-state index in [4.69, 9.17) is 0 Å². The molecule has 0 atom stereocenters. The molecule has 0 spiro atoms. The molecule has 1 N–H and O–H groups in total. The highest BCUT2D eigenvalue weighted by Crippen LogP contribution is 2.11. The van der Waals surface area contributed by atoms with Gasteiger partial charge < -0.3 is 10.2 Å². The molecule has 0 aliphatic carbocycles. The van der Waals surface area contributed by atoms with E-state index in [0.717, 1.165) is 0 Å². The minimum Gasteiger partial charge on any atom is -0.323 e. The summed E-state index contributed by atoms with van der Waals surface area (Å²) in [5.41, 5.74) is 0. The molecule has 6 heteroatoms. The van der Waals surface area contributed by atoms with Crippen LogP contribution in [-0.4, -0.2) is 30.0 Å². The molecular formula is C6H10N2O4. The highest BCUT2D eigenvalue weighted by Gasteiger charge is 2.32. The van der Waals surface area contributed by atoms with Crippen molar-refractivity contribution in [3.63, 3.8) is 0 Å². The van der Waals surface area contributed by atoms with Gasteiger partial charge in [0.05, 0.1) is 0 Å². The van der Waals surface area contributed by atoms with Crippen LogP contribution in [0.2, 0.25) is 0 Å².